The Kier molecular flexibility index (Phi) is 7.59. The fourth-order valence-electron chi connectivity index (χ4n) is 2.58. The van der Waals surface area contributed by atoms with Gasteiger partial charge in [0.2, 0.25) is 0 Å². The van der Waals surface area contributed by atoms with Crippen LogP contribution in [0.1, 0.15) is 22.8 Å². The Balaban J connectivity index is 1.97. The normalized spacial score (nSPS) is 10.1. The highest BCUT2D eigenvalue weighted by Gasteiger charge is 2.15. The average Bonchev–Trinajstić information content (AvgIpc) is 2.72. The van der Waals surface area contributed by atoms with Crippen LogP contribution in [0.15, 0.2) is 36.4 Å². The van der Waals surface area contributed by atoms with E-state index < -0.39 is 18.5 Å². The Morgan fingerprint density at radius 3 is 2.24 bits per heavy atom. The van der Waals surface area contributed by atoms with Gasteiger partial charge in [-0.05, 0) is 37.3 Å². The number of methoxy groups -OCH3 is 3. The molecule has 2 aromatic carbocycles. The highest BCUT2D eigenvalue weighted by Crippen LogP contribution is 2.29. The van der Waals surface area contributed by atoms with E-state index >= 15 is 0 Å². The maximum atomic E-state index is 12.1. The van der Waals surface area contributed by atoms with Gasteiger partial charge in [-0.2, -0.15) is 0 Å². The van der Waals surface area contributed by atoms with Crippen molar-refractivity contribution >= 4 is 23.3 Å². The van der Waals surface area contributed by atoms with Gasteiger partial charge in [0.25, 0.3) is 5.91 Å². The number of ether oxygens (including phenoxy) is 4. The van der Waals surface area contributed by atoms with Crippen LogP contribution in [-0.4, -0.2) is 45.6 Å². The summed E-state index contributed by atoms with van der Waals surface area (Å²) in [6, 6.07) is 9.71. The summed E-state index contributed by atoms with van der Waals surface area (Å²) >= 11 is 0. The summed E-state index contributed by atoms with van der Waals surface area (Å²) in [4.78, 5) is 35.8. The van der Waals surface area contributed by atoms with E-state index in [0.717, 1.165) is 0 Å². The van der Waals surface area contributed by atoms with Crippen molar-refractivity contribution in [3.63, 3.8) is 0 Å². The lowest BCUT2D eigenvalue weighted by atomic mass is 10.0. The van der Waals surface area contributed by atoms with Gasteiger partial charge >= 0.3 is 5.97 Å². The van der Waals surface area contributed by atoms with Crippen LogP contribution in [0.25, 0.3) is 0 Å². The second kappa shape index (κ2) is 10.1. The average molecular weight is 401 g/mol. The number of anilines is 1. The lowest BCUT2D eigenvalue weighted by Crippen LogP contribution is -2.22. The zero-order valence-corrected chi connectivity index (χ0v) is 16.7. The maximum absolute atomic E-state index is 12.1. The second-order valence-electron chi connectivity index (χ2n) is 6.03. The van der Waals surface area contributed by atoms with Crippen LogP contribution in [0.4, 0.5) is 5.69 Å². The molecule has 0 atom stereocenters. The molecule has 0 bridgehead atoms. The predicted octanol–water partition coefficient (Wildman–Crippen LogP) is 2.64. The zero-order chi connectivity index (χ0) is 21.4. The molecule has 0 aliphatic carbocycles. The van der Waals surface area contributed by atoms with E-state index in [4.69, 9.17) is 18.9 Å². The first kappa shape index (κ1) is 21.7. The van der Waals surface area contributed by atoms with E-state index in [2.05, 4.69) is 5.32 Å². The van der Waals surface area contributed by atoms with Crippen LogP contribution in [0.2, 0.25) is 0 Å². The number of esters is 1. The molecule has 0 radical (unpaired) electrons. The van der Waals surface area contributed by atoms with Crippen molar-refractivity contribution in [2.24, 2.45) is 0 Å². The van der Waals surface area contributed by atoms with Crippen LogP contribution in [0.5, 0.6) is 17.2 Å². The molecule has 0 aromatic heterocycles. The summed E-state index contributed by atoms with van der Waals surface area (Å²) in [6.45, 7) is 0.963. The molecular formula is C21H23NO7. The Morgan fingerprint density at radius 1 is 0.897 bits per heavy atom. The molecule has 0 fully saturated rings. The lowest BCUT2D eigenvalue weighted by Gasteiger charge is -2.12. The fourth-order valence-corrected chi connectivity index (χ4v) is 2.58. The molecule has 0 unspecified atom stereocenters. The molecule has 0 saturated carbocycles. The lowest BCUT2D eigenvalue weighted by molar-refractivity contribution is -0.146. The highest BCUT2D eigenvalue weighted by atomic mass is 16.5. The molecule has 0 aliphatic heterocycles. The van der Waals surface area contributed by atoms with E-state index in [1.54, 1.807) is 36.4 Å². The molecule has 0 heterocycles. The number of rotatable bonds is 9. The number of carbonyl (C=O) groups excluding carboxylic acids is 3. The van der Waals surface area contributed by atoms with Gasteiger partial charge in [-0.15, -0.1) is 0 Å². The molecule has 1 N–H and O–H groups in total. The third-order valence-corrected chi connectivity index (χ3v) is 4.07. The van der Waals surface area contributed by atoms with E-state index in [1.165, 1.54) is 28.3 Å². The van der Waals surface area contributed by atoms with Crippen molar-refractivity contribution in [2.75, 3.05) is 33.3 Å². The van der Waals surface area contributed by atoms with Gasteiger partial charge in [0.1, 0.15) is 17.2 Å². The Labute approximate surface area is 168 Å². The minimum atomic E-state index is -0.624. The zero-order valence-electron chi connectivity index (χ0n) is 16.7. The van der Waals surface area contributed by atoms with Crippen LogP contribution >= 0.6 is 0 Å². The van der Waals surface area contributed by atoms with Gasteiger partial charge in [-0.25, -0.2) is 0 Å². The molecule has 0 saturated heterocycles. The number of Topliss-reactive ketones (excluding diaryl/α,β-unsaturated/α-hetero) is 1. The molecule has 1 amide bonds. The van der Waals surface area contributed by atoms with E-state index in [-0.39, 0.29) is 12.2 Å². The minimum Gasteiger partial charge on any atom is -0.497 e. The number of nitrogens with one attached hydrogen (secondary N) is 1. The first-order chi connectivity index (χ1) is 13.9. The van der Waals surface area contributed by atoms with E-state index in [9.17, 15) is 14.4 Å². The molecule has 154 valence electrons. The summed E-state index contributed by atoms with van der Waals surface area (Å²) in [5.41, 5.74) is 1.38. The molecule has 0 aliphatic rings. The molecule has 0 spiro atoms. The van der Waals surface area contributed by atoms with Crippen molar-refractivity contribution in [1.29, 1.82) is 0 Å². The maximum Gasteiger partial charge on any atom is 0.310 e. The number of carbonyl (C=O) groups is 3. The third-order valence-electron chi connectivity index (χ3n) is 4.07. The fraction of sp³-hybridized carbons (Fsp3) is 0.286. The van der Waals surface area contributed by atoms with E-state index in [1.807, 2.05) is 0 Å². The molecule has 8 nitrogen and oxygen atoms in total. The highest BCUT2D eigenvalue weighted by molar-refractivity contribution is 5.95. The standard InChI is InChI=1S/C21H23NO7/c1-13(23)14-5-8-18(27-3)15(9-14)10-21(25)29-12-20(24)22-17-7-6-16(26-2)11-19(17)28-4/h5-9,11H,10,12H2,1-4H3,(H,22,24). The van der Waals surface area contributed by atoms with Crippen molar-refractivity contribution in [3.05, 3.63) is 47.5 Å². The number of benzene rings is 2. The quantitative estimate of drug-likeness (QED) is 0.509. The third kappa shape index (κ3) is 5.97. The molecule has 2 rings (SSSR count). The number of ketones is 1. The summed E-state index contributed by atoms with van der Waals surface area (Å²) in [7, 11) is 4.45. The van der Waals surface area contributed by atoms with Crippen molar-refractivity contribution < 1.29 is 33.3 Å². The number of amides is 1. The molecular weight excluding hydrogens is 378 g/mol. The van der Waals surface area contributed by atoms with Crippen molar-refractivity contribution in [2.45, 2.75) is 13.3 Å². The second-order valence-corrected chi connectivity index (χ2v) is 6.03. The Bertz CT molecular complexity index is 908. The van der Waals surface area contributed by atoms with Gasteiger partial charge in [0.15, 0.2) is 12.4 Å². The van der Waals surface area contributed by atoms with Crippen molar-refractivity contribution in [1.82, 2.24) is 0 Å². The molecule has 29 heavy (non-hydrogen) atoms. The number of hydrogen-bond donors (Lipinski definition) is 1. The first-order valence-electron chi connectivity index (χ1n) is 8.73. The summed E-state index contributed by atoms with van der Waals surface area (Å²) in [5, 5.41) is 2.61. The van der Waals surface area contributed by atoms with Crippen LogP contribution in [0, 0.1) is 0 Å². The van der Waals surface area contributed by atoms with Gasteiger partial charge in [0.05, 0.1) is 33.4 Å². The minimum absolute atomic E-state index is 0.130. The SMILES string of the molecule is COc1ccc(NC(=O)COC(=O)Cc2cc(C(C)=O)ccc2OC)c(OC)c1. The van der Waals surface area contributed by atoms with E-state index in [0.29, 0.717) is 34.1 Å². The van der Waals surface area contributed by atoms with Crippen LogP contribution in [-0.2, 0) is 20.7 Å². The monoisotopic (exact) mass is 401 g/mol. The summed E-state index contributed by atoms with van der Waals surface area (Å²) < 4.78 is 20.6. The van der Waals surface area contributed by atoms with Crippen molar-refractivity contribution in [3.8, 4) is 17.2 Å². The summed E-state index contributed by atoms with van der Waals surface area (Å²) in [5.74, 6) is 0.171. The van der Waals surface area contributed by atoms with Crippen LogP contribution in [0.3, 0.4) is 0 Å². The van der Waals surface area contributed by atoms with Gasteiger partial charge < -0.3 is 24.3 Å². The van der Waals surface area contributed by atoms with Gasteiger partial charge in [-0.1, -0.05) is 0 Å². The van der Waals surface area contributed by atoms with Gasteiger partial charge in [-0.3, -0.25) is 14.4 Å². The Morgan fingerprint density at radius 2 is 1.62 bits per heavy atom. The summed E-state index contributed by atoms with van der Waals surface area (Å²) in [6.07, 6.45) is -0.135. The Hall–Kier alpha value is -3.55. The first-order valence-corrected chi connectivity index (χ1v) is 8.73. The largest absolute Gasteiger partial charge is 0.497 e. The molecule has 2 aromatic rings. The smallest absolute Gasteiger partial charge is 0.310 e. The van der Waals surface area contributed by atoms with Gasteiger partial charge in [0, 0.05) is 17.2 Å². The molecule has 8 heteroatoms. The topological polar surface area (TPSA) is 100 Å². The predicted molar refractivity (Wildman–Crippen MR) is 106 cm³/mol. The van der Waals surface area contributed by atoms with Crippen LogP contribution < -0.4 is 19.5 Å². The number of hydrogen-bond acceptors (Lipinski definition) is 7.